The average molecular weight is 1110 g/mol. The van der Waals surface area contributed by atoms with E-state index in [9.17, 15) is 14.9 Å². The number of hydrogen-bond donors (Lipinski definition) is 3. The van der Waals surface area contributed by atoms with Gasteiger partial charge in [0.05, 0.1) is 0 Å². The molecular formula is C59H90N8O5Sn. The molecule has 1 saturated heterocycles. The van der Waals surface area contributed by atoms with Crippen LogP contribution in [-0.4, -0.2) is 49.3 Å². The number of rotatable bonds is 22. The Morgan fingerprint density at radius 1 is 0.671 bits per heavy atom. The fourth-order valence-electron chi connectivity index (χ4n) is 7.89. The molecule has 0 aromatic heterocycles. The summed E-state index contributed by atoms with van der Waals surface area (Å²) in [5.74, 6) is 8.52. The van der Waals surface area contributed by atoms with Crippen molar-refractivity contribution in [2.24, 2.45) is 20.0 Å². The first-order chi connectivity index (χ1) is 34.4. The molecule has 0 bridgehead atoms. The van der Waals surface area contributed by atoms with Gasteiger partial charge in [0, 0.05) is 48.3 Å². The number of aryl methyl sites for hydroxylation is 4. The van der Waals surface area contributed by atoms with Crippen LogP contribution in [0.25, 0.3) is 10.4 Å². The fourth-order valence-corrected chi connectivity index (χ4v) is 8.66. The summed E-state index contributed by atoms with van der Waals surface area (Å²) in [6, 6.07) is 26.5. The first-order valence-electron chi connectivity index (χ1n) is 26.3. The van der Waals surface area contributed by atoms with E-state index >= 15 is 0 Å². The molecular weight excluding hydrogens is 1020 g/mol. The van der Waals surface area contributed by atoms with E-state index in [0.717, 1.165) is 121 Å². The monoisotopic (exact) mass is 1110 g/mol. The Morgan fingerprint density at radius 3 is 1.29 bits per heavy atom. The van der Waals surface area contributed by atoms with E-state index in [0.29, 0.717) is 24.7 Å². The van der Waals surface area contributed by atoms with Crippen molar-refractivity contribution >= 4 is 36.1 Å². The van der Waals surface area contributed by atoms with E-state index in [2.05, 4.69) is 114 Å². The maximum atomic E-state index is 12.4. The van der Waals surface area contributed by atoms with Gasteiger partial charge in [0.15, 0.2) is 23.5 Å². The Balaban J connectivity index is 0.000000587. The Kier molecular flexibility index (Phi) is 31.4. The molecule has 5 rings (SSSR count). The molecule has 2 atom stereocenters. The maximum absolute atomic E-state index is 12.4. The van der Waals surface area contributed by atoms with Gasteiger partial charge in [-0.25, -0.2) is 0 Å². The van der Waals surface area contributed by atoms with Crippen molar-refractivity contribution < 1.29 is 23.8 Å². The van der Waals surface area contributed by atoms with Crippen LogP contribution in [0.2, 0.25) is 14.8 Å². The number of carbonyl (C=O) groups is 2. The van der Waals surface area contributed by atoms with Crippen LogP contribution in [0.15, 0.2) is 81.2 Å². The zero-order valence-corrected chi connectivity index (χ0v) is 49.6. The molecule has 14 heteroatoms. The topological polar surface area (TPSA) is 234 Å². The summed E-state index contributed by atoms with van der Waals surface area (Å²) in [6.07, 6.45) is 9.32. The van der Waals surface area contributed by atoms with Crippen LogP contribution < -0.4 is 27.2 Å². The van der Waals surface area contributed by atoms with Crippen molar-refractivity contribution in [3.8, 4) is 17.6 Å². The fraction of sp³-hybridized carbons (Fsp3) is 0.525. The number of benzene rings is 4. The normalized spacial score (nSPS) is 12.8. The molecule has 73 heavy (non-hydrogen) atoms. The molecule has 0 radical (unpaired) electrons. The van der Waals surface area contributed by atoms with E-state index in [1.807, 2.05) is 62.4 Å². The van der Waals surface area contributed by atoms with Gasteiger partial charge in [0.1, 0.15) is 17.6 Å². The van der Waals surface area contributed by atoms with Crippen LogP contribution in [0.3, 0.4) is 0 Å². The predicted molar refractivity (Wildman–Crippen MR) is 305 cm³/mol. The molecule has 0 spiro atoms. The first-order valence-corrected chi connectivity index (χ1v) is 36.2. The number of azide groups is 1. The number of hydrogen-bond acceptors (Lipinski definition) is 10. The molecule has 400 valence electrons. The third-order valence-corrected chi connectivity index (χ3v) is 13.8. The van der Waals surface area contributed by atoms with Crippen LogP contribution in [0, 0.1) is 11.3 Å². The van der Waals surface area contributed by atoms with Crippen molar-refractivity contribution in [2.75, 3.05) is 13.2 Å². The summed E-state index contributed by atoms with van der Waals surface area (Å²) >= 11 is -2.07. The van der Waals surface area contributed by atoms with Crippen molar-refractivity contribution in [2.45, 2.75) is 185 Å². The zero-order chi connectivity index (χ0) is 53.8. The molecule has 0 amide bonds. The second-order valence-corrected chi connectivity index (χ2v) is 32.8. The number of carbonyl (C=O) groups excluding carboxylic acids is 2. The minimum absolute atomic E-state index is 0. The van der Waals surface area contributed by atoms with E-state index in [-0.39, 0.29) is 23.6 Å². The van der Waals surface area contributed by atoms with Crippen molar-refractivity contribution in [3.63, 3.8) is 0 Å². The number of Topliss-reactive ketones (excluding diaryl/α,β-unsaturated/α-hetero) is 2. The standard InChI is InChI=1S/C26H37N3O2.C26H33NO2.C4H8O.3CH3.N3.H3N.Sn/c1-6-9-20-15-22(23(30)8-3)16-21(10-7-2)24(20)31-25(26(27)29-28)19-13-11-18(12-14-19)17(4)5;1-6-9-21-15-23(24(28)8-3)16-22(10-7-2)26(21)29-25(17-27)20-13-11-19(12-14-20)18(4)5;1-2-4-5-3-1;;;;1-3-2;;/h11-17,25H,6-10,28H2,1-5H3,(H2,27,29);11-16,18,25H,6-10H2,1-5H3;1-4H2;3*1H3;;1H3;/q;;;;;;-1;;+1. The summed E-state index contributed by atoms with van der Waals surface area (Å²) in [7, 11) is 0. The Bertz CT molecular complexity index is 2330. The molecule has 1 heterocycles. The third kappa shape index (κ3) is 22.3. The van der Waals surface area contributed by atoms with Gasteiger partial charge in [-0.2, -0.15) is 10.4 Å². The van der Waals surface area contributed by atoms with E-state index in [1.54, 1.807) is 0 Å². The molecule has 1 aliphatic heterocycles. The predicted octanol–water partition coefficient (Wildman–Crippen LogP) is 15.7. The van der Waals surface area contributed by atoms with Crippen molar-refractivity contribution in [3.05, 3.63) is 139 Å². The Morgan fingerprint density at radius 2 is 1.03 bits per heavy atom. The molecule has 13 nitrogen and oxygen atoms in total. The van der Waals surface area contributed by atoms with Gasteiger partial charge < -0.3 is 31.9 Å². The minimum atomic E-state index is -2.07. The van der Waals surface area contributed by atoms with Gasteiger partial charge in [-0.1, -0.05) is 143 Å². The van der Waals surface area contributed by atoms with Gasteiger partial charge in [-0.05, 0) is 108 Å². The second-order valence-electron chi connectivity index (χ2n) is 19.8. The second kappa shape index (κ2) is 34.9. The van der Waals surface area contributed by atoms with Crippen molar-refractivity contribution in [1.29, 1.82) is 5.26 Å². The molecule has 4 aromatic carbocycles. The number of amidine groups is 1. The summed E-state index contributed by atoms with van der Waals surface area (Å²) in [6.45, 7) is 22.9. The van der Waals surface area contributed by atoms with Crippen LogP contribution in [0.5, 0.6) is 11.5 Å². The number of nitriles is 1. The average Bonchev–Trinajstić information content (AvgIpc) is 3.96. The summed E-state index contributed by atoms with van der Waals surface area (Å²) in [5, 5.41) is 13.6. The quantitative estimate of drug-likeness (QED) is 0.00780. The van der Waals surface area contributed by atoms with E-state index < -0.39 is 30.9 Å². The van der Waals surface area contributed by atoms with Gasteiger partial charge in [0.2, 0.25) is 6.10 Å². The SMILES string of the molecule is C1CCOC1.CCCc1cc(C(=O)CC)cc(CCC)c1OC(/C(N)=N/N)c1ccc(C(C)C)cc1.CCCc1cc(C(=O)CC)cc(CCC)c1OC(C#N)c1ccc(C(C)C)cc1.N.[CH3][Sn]([CH3])([CH3])[N]=[N+]=[N-]. The molecule has 1 aliphatic rings. The van der Waals surface area contributed by atoms with E-state index in [1.165, 1.54) is 24.0 Å². The summed E-state index contributed by atoms with van der Waals surface area (Å²) in [5.41, 5.74) is 23.9. The molecule has 0 aliphatic carbocycles. The molecule has 2 unspecified atom stereocenters. The van der Waals surface area contributed by atoms with Gasteiger partial charge in [0.25, 0.3) is 0 Å². The van der Waals surface area contributed by atoms with Gasteiger partial charge >= 0.3 is 47.2 Å². The van der Waals surface area contributed by atoms with Gasteiger partial charge in [-0.15, -0.1) is 0 Å². The number of hydrazone groups is 1. The van der Waals surface area contributed by atoms with Crippen molar-refractivity contribution in [1.82, 2.24) is 6.15 Å². The number of nitrogens with zero attached hydrogens (tertiary/aromatic N) is 5. The molecule has 4 aromatic rings. The number of nitrogens with two attached hydrogens (primary N) is 2. The van der Waals surface area contributed by atoms with E-state index in [4.69, 9.17) is 31.3 Å². The molecule has 0 saturated carbocycles. The summed E-state index contributed by atoms with van der Waals surface area (Å²) < 4.78 is 21.4. The Hall–Kier alpha value is -5.39. The summed E-state index contributed by atoms with van der Waals surface area (Å²) in [4.78, 5) is 33.7. The van der Waals surface area contributed by atoms with Crippen LogP contribution >= 0.6 is 0 Å². The van der Waals surface area contributed by atoms with Gasteiger partial charge in [-0.3, -0.25) is 9.59 Å². The number of ketones is 2. The van der Waals surface area contributed by atoms with Crippen LogP contribution in [0.1, 0.15) is 210 Å². The molecule has 7 N–H and O–H groups in total. The number of ether oxygens (including phenoxy) is 3. The van der Waals surface area contributed by atoms with Crippen LogP contribution in [0.4, 0.5) is 0 Å². The van der Waals surface area contributed by atoms with Crippen LogP contribution in [-0.2, 0) is 30.4 Å². The first kappa shape index (κ1) is 65.6. The molecule has 1 fully saturated rings. The Labute approximate surface area is 443 Å². The zero-order valence-electron chi connectivity index (χ0n) is 46.8. The third-order valence-electron chi connectivity index (χ3n) is 11.8.